The lowest BCUT2D eigenvalue weighted by Crippen LogP contribution is -2.14. The van der Waals surface area contributed by atoms with Crippen molar-refractivity contribution < 1.29 is 0 Å². The molecule has 0 saturated carbocycles. The highest BCUT2D eigenvalue weighted by Gasteiger charge is 2.37. The predicted molar refractivity (Wildman–Crippen MR) is 310 cm³/mol. The van der Waals surface area contributed by atoms with Gasteiger partial charge in [-0.3, -0.25) is 4.99 Å². The van der Waals surface area contributed by atoms with Gasteiger partial charge in [-0.05, 0) is 119 Å². The Bertz CT molecular complexity index is 4080. The smallest absolute Gasteiger partial charge is 0.161 e. The van der Waals surface area contributed by atoms with Gasteiger partial charge < -0.3 is 9.13 Å². The zero-order valence-corrected chi connectivity index (χ0v) is 41.2. The molecule has 0 radical (unpaired) electrons. The van der Waals surface area contributed by atoms with Gasteiger partial charge in [-0.15, -0.1) is 0 Å². The molecule has 0 N–H and O–H groups in total. The molecule has 0 spiro atoms. The van der Waals surface area contributed by atoms with E-state index in [0.717, 1.165) is 44.7 Å². The summed E-state index contributed by atoms with van der Waals surface area (Å²) in [5.41, 5.74) is 18.4. The first-order chi connectivity index (χ1) is 35.9. The third-order valence-corrected chi connectivity index (χ3v) is 14.6. The third-order valence-electron chi connectivity index (χ3n) is 14.6. The standard InChI is InChI=1S/C68H53N5/c1-5-60-54(55-27-12-15-31-61(55)68(60,2)3)28-18-19-42-70-67(71-66(69-4)47-21-8-6-9-22-47)51-24-20-23-48(43-51)50-36-40-58-56-29-13-16-32-62(56)73(65(58)45-50)53-38-34-46(35-39-53)49-37-41-64-59(44-49)57-30-14-17-33-63(57)72(64)52-25-10-7-11-26-52/h5-41,43-45H,4,42H2,1-3H3/b19-18+,54-28-,60-5+,70-67-,71-66-. The van der Waals surface area contributed by atoms with Crippen molar-refractivity contribution in [2.45, 2.75) is 26.2 Å². The molecular formula is C68H53N5. The first kappa shape index (κ1) is 45.0. The van der Waals surface area contributed by atoms with Crippen LogP contribution in [-0.4, -0.2) is 34.1 Å². The molecule has 12 rings (SSSR count). The van der Waals surface area contributed by atoms with E-state index in [1.807, 2.05) is 30.3 Å². The third kappa shape index (κ3) is 8.05. The predicted octanol–water partition coefficient (Wildman–Crippen LogP) is 17.0. The molecule has 1 aliphatic carbocycles. The number of allylic oxidation sites excluding steroid dienone is 5. The molecule has 0 unspecified atom stereocenters. The lowest BCUT2D eigenvalue weighted by atomic mass is 9.82. The van der Waals surface area contributed by atoms with Crippen molar-refractivity contribution in [2.75, 3.05) is 6.54 Å². The number of aliphatic imine (C=N–C) groups is 3. The van der Waals surface area contributed by atoms with Crippen LogP contribution in [0, 0.1) is 0 Å². The molecule has 0 fully saturated rings. The maximum atomic E-state index is 5.13. The fourth-order valence-electron chi connectivity index (χ4n) is 11.1. The highest BCUT2D eigenvalue weighted by molar-refractivity contribution is 6.14. The number of hydrogen-bond donors (Lipinski definition) is 0. The lowest BCUT2D eigenvalue weighted by Gasteiger charge is -2.21. The number of aromatic nitrogens is 2. The number of benzene rings is 9. The van der Waals surface area contributed by atoms with Crippen molar-refractivity contribution in [1.29, 1.82) is 0 Å². The van der Waals surface area contributed by atoms with Crippen LogP contribution in [0.2, 0.25) is 0 Å². The zero-order valence-electron chi connectivity index (χ0n) is 41.2. The normalized spacial score (nSPS) is 14.9. The number of nitrogens with zero attached hydrogens (tertiary/aromatic N) is 5. The van der Waals surface area contributed by atoms with Gasteiger partial charge >= 0.3 is 0 Å². The molecule has 5 nitrogen and oxygen atoms in total. The maximum absolute atomic E-state index is 5.13. The Morgan fingerprint density at radius 1 is 0.493 bits per heavy atom. The first-order valence-electron chi connectivity index (χ1n) is 25.0. The summed E-state index contributed by atoms with van der Waals surface area (Å²) in [5.74, 6) is 1.11. The largest absolute Gasteiger partial charge is 0.309 e. The van der Waals surface area contributed by atoms with Crippen molar-refractivity contribution >= 4 is 67.6 Å². The van der Waals surface area contributed by atoms with Crippen LogP contribution in [0.15, 0.2) is 263 Å². The van der Waals surface area contributed by atoms with Gasteiger partial charge in [-0.25, -0.2) is 9.98 Å². The van der Waals surface area contributed by atoms with Gasteiger partial charge in [-0.1, -0.05) is 196 Å². The van der Waals surface area contributed by atoms with E-state index < -0.39 is 0 Å². The van der Waals surface area contributed by atoms with E-state index in [-0.39, 0.29) is 5.41 Å². The van der Waals surface area contributed by atoms with Crippen LogP contribution >= 0.6 is 0 Å². The van der Waals surface area contributed by atoms with Gasteiger partial charge in [0.05, 0.1) is 28.6 Å². The Hall–Kier alpha value is -9.19. The van der Waals surface area contributed by atoms with Crippen LogP contribution in [0.1, 0.15) is 43.0 Å². The van der Waals surface area contributed by atoms with E-state index >= 15 is 0 Å². The van der Waals surface area contributed by atoms with Crippen LogP contribution in [0.4, 0.5) is 0 Å². The van der Waals surface area contributed by atoms with Gasteiger partial charge in [0.1, 0.15) is 0 Å². The van der Waals surface area contributed by atoms with E-state index in [1.54, 1.807) is 0 Å². The minimum Gasteiger partial charge on any atom is -0.309 e. The first-order valence-corrected chi connectivity index (χ1v) is 25.0. The Morgan fingerprint density at radius 3 is 1.82 bits per heavy atom. The van der Waals surface area contributed by atoms with Crippen LogP contribution in [0.3, 0.4) is 0 Å². The molecule has 350 valence electrons. The fourth-order valence-corrected chi connectivity index (χ4v) is 11.1. The summed E-state index contributed by atoms with van der Waals surface area (Å²) in [6.45, 7) is 11.1. The monoisotopic (exact) mass is 939 g/mol. The molecule has 0 aliphatic heterocycles. The molecule has 1 aliphatic rings. The summed E-state index contributed by atoms with van der Waals surface area (Å²) in [6.07, 6.45) is 8.68. The number of hydrogen-bond acceptors (Lipinski definition) is 1. The van der Waals surface area contributed by atoms with Crippen molar-refractivity contribution in [3.8, 4) is 33.6 Å². The molecule has 2 aromatic heterocycles. The van der Waals surface area contributed by atoms with Crippen molar-refractivity contribution in [3.63, 3.8) is 0 Å². The zero-order chi connectivity index (χ0) is 49.5. The Balaban J connectivity index is 0.896. The molecule has 11 aromatic rings. The van der Waals surface area contributed by atoms with Gasteiger partial charge in [0.25, 0.3) is 0 Å². The van der Waals surface area contributed by atoms with Crippen LogP contribution in [0.25, 0.3) is 82.8 Å². The molecular weight excluding hydrogens is 887 g/mol. The SMILES string of the molecule is C=N/C(=N\C(=N/C/C=C/C=C1\C(=C/C)C(C)(C)c2ccccc21)c1cccc(-c2ccc3c4ccccc4n(-c4ccc(-c5ccc6c(c5)c5ccccc5n6-c5ccccc5)cc4)c3c2)c1)c1ccccc1. The summed E-state index contributed by atoms with van der Waals surface area (Å²) in [5, 5.41) is 4.89. The van der Waals surface area contributed by atoms with E-state index in [0.29, 0.717) is 18.2 Å². The summed E-state index contributed by atoms with van der Waals surface area (Å²) in [6, 6.07) is 77.9. The second-order valence-corrected chi connectivity index (χ2v) is 19.1. The number of fused-ring (bicyclic) bond motifs is 7. The van der Waals surface area contributed by atoms with Crippen LogP contribution in [-0.2, 0) is 5.41 Å². The molecule has 2 heterocycles. The molecule has 9 aromatic carbocycles. The van der Waals surface area contributed by atoms with Crippen molar-refractivity contribution in [1.82, 2.24) is 9.13 Å². The lowest BCUT2D eigenvalue weighted by molar-refractivity contribution is 0.659. The second-order valence-electron chi connectivity index (χ2n) is 19.1. The average molecular weight is 940 g/mol. The minimum absolute atomic E-state index is 0.0561. The molecule has 0 saturated heterocycles. The molecule has 0 amide bonds. The van der Waals surface area contributed by atoms with Crippen LogP contribution in [0.5, 0.6) is 0 Å². The Kier molecular flexibility index (Phi) is 11.6. The van der Waals surface area contributed by atoms with E-state index in [1.165, 1.54) is 66.0 Å². The number of amidine groups is 2. The highest BCUT2D eigenvalue weighted by atomic mass is 15.0. The minimum atomic E-state index is -0.0561. The summed E-state index contributed by atoms with van der Waals surface area (Å²) in [4.78, 5) is 14.6. The molecule has 0 atom stereocenters. The Morgan fingerprint density at radius 2 is 1.07 bits per heavy atom. The second kappa shape index (κ2) is 18.9. The maximum Gasteiger partial charge on any atom is 0.161 e. The van der Waals surface area contributed by atoms with E-state index in [4.69, 9.17) is 9.98 Å². The molecule has 73 heavy (non-hydrogen) atoms. The number of para-hydroxylation sites is 3. The quantitative estimate of drug-likeness (QED) is 0.102. The van der Waals surface area contributed by atoms with Crippen molar-refractivity contribution in [3.05, 3.63) is 271 Å². The van der Waals surface area contributed by atoms with Crippen molar-refractivity contribution in [2.24, 2.45) is 15.0 Å². The topological polar surface area (TPSA) is 46.9 Å². The highest BCUT2D eigenvalue weighted by Crippen LogP contribution is 2.49. The van der Waals surface area contributed by atoms with Gasteiger partial charge in [0.15, 0.2) is 11.7 Å². The van der Waals surface area contributed by atoms with Gasteiger partial charge in [0.2, 0.25) is 0 Å². The van der Waals surface area contributed by atoms with Gasteiger partial charge in [-0.2, -0.15) is 0 Å². The molecule has 0 bridgehead atoms. The van der Waals surface area contributed by atoms with Gasteiger partial charge in [0, 0.05) is 49.5 Å². The summed E-state index contributed by atoms with van der Waals surface area (Å²) >= 11 is 0. The van der Waals surface area contributed by atoms with E-state index in [9.17, 15) is 0 Å². The number of rotatable bonds is 9. The summed E-state index contributed by atoms with van der Waals surface area (Å²) < 4.78 is 4.76. The summed E-state index contributed by atoms with van der Waals surface area (Å²) in [7, 11) is 0. The van der Waals surface area contributed by atoms with Crippen LogP contribution < -0.4 is 0 Å². The Labute approximate surface area is 426 Å². The average Bonchev–Trinajstić information content (AvgIpc) is 4.04. The van der Waals surface area contributed by atoms with E-state index in [2.05, 4.69) is 254 Å². The molecule has 5 heteroatoms. The fraction of sp³-hybridized carbons (Fsp3) is 0.0735.